The minimum atomic E-state index is -0.745. The SMILES string of the molecule is CC(C)C(Nc1c(N)n(C)c(=O)[nH]c1=O)C(N)=O. The van der Waals surface area contributed by atoms with E-state index in [0.29, 0.717) is 0 Å². The van der Waals surface area contributed by atoms with Crippen LogP contribution < -0.4 is 28.0 Å². The lowest BCUT2D eigenvalue weighted by Gasteiger charge is -2.20. The molecule has 6 N–H and O–H groups in total. The molecule has 0 saturated carbocycles. The summed E-state index contributed by atoms with van der Waals surface area (Å²) >= 11 is 0. The number of aromatic nitrogens is 2. The van der Waals surface area contributed by atoms with Gasteiger partial charge >= 0.3 is 5.69 Å². The third-order valence-electron chi connectivity index (χ3n) is 2.64. The van der Waals surface area contributed by atoms with Crippen LogP contribution in [0.15, 0.2) is 9.59 Å². The highest BCUT2D eigenvalue weighted by Gasteiger charge is 2.22. The summed E-state index contributed by atoms with van der Waals surface area (Å²) in [5.41, 5.74) is 9.56. The molecule has 0 aliphatic rings. The molecule has 1 heterocycles. The zero-order valence-corrected chi connectivity index (χ0v) is 10.5. The Bertz CT molecular complexity index is 572. The van der Waals surface area contributed by atoms with Crippen molar-refractivity contribution in [2.75, 3.05) is 11.1 Å². The number of hydrogen-bond donors (Lipinski definition) is 4. The predicted octanol–water partition coefficient (Wildman–Crippen LogP) is -1.42. The molecule has 0 aliphatic heterocycles. The molecule has 0 saturated heterocycles. The second-order valence-corrected chi connectivity index (χ2v) is 4.35. The van der Waals surface area contributed by atoms with E-state index in [-0.39, 0.29) is 17.4 Å². The van der Waals surface area contributed by atoms with E-state index in [2.05, 4.69) is 10.3 Å². The van der Waals surface area contributed by atoms with Gasteiger partial charge in [0.05, 0.1) is 0 Å². The van der Waals surface area contributed by atoms with Crippen molar-refractivity contribution in [1.82, 2.24) is 9.55 Å². The van der Waals surface area contributed by atoms with Crippen molar-refractivity contribution < 1.29 is 4.79 Å². The van der Waals surface area contributed by atoms with Crippen LogP contribution in [0.1, 0.15) is 13.8 Å². The minimum Gasteiger partial charge on any atom is -0.383 e. The Labute approximate surface area is 103 Å². The number of nitrogens with two attached hydrogens (primary N) is 2. The van der Waals surface area contributed by atoms with Crippen molar-refractivity contribution in [3.05, 3.63) is 20.8 Å². The third-order valence-corrected chi connectivity index (χ3v) is 2.64. The highest BCUT2D eigenvalue weighted by atomic mass is 16.2. The van der Waals surface area contributed by atoms with Crippen molar-refractivity contribution in [3.8, 4) is 0 Å². The van der Waals surface area contributed by atoms with Crippen molar-refractivity contribution in [3.63, 3.8) is 0 Å². The molecule has 1 aromatic rings. The standard InChI is InChI=1S/C10H17N5O3/c1-4(2)5(8(12)16)13-6-7(11)15(3)10(18)14-9(6)17/h4-5,13H,11H2,1-3H3,(H2,12,16)(H,14,17,18). The lowest BCUT2D eigenvalue weighted by atomic mass is 10.0. The Balaban J connectivity index is 3.27. The van der Waals surface area contributed by atoms with Crippen LogP contribution in [0.5, 0.6) is 0 Å². The monoisotopic (exact) mass is 255 g/mol. The second kappa shape index (κ2) is 4.94. The van der Waals surface area contributed by atoms with E-state index in [9.17, 15) is 14.4 Å². The topological polar surface area (TPSA) is 136 Å². The van der Waals surface area contributed by atoms with Crippen LogP contribution in [-0.4, -0.2) is 21.5 Å². The van der Waals surface area contributed by atoms with Gasteiger partial charge in [0.25, 0.3) is 5.56 Å². The third kappa shape index (κ3) is 2.53. The van der Waals surface area contributed by atoms with Gasteiger partial charge < -0.3 is 16.8 Å². The van der Waals surface area contributed by atoms with Gasteiger partial charge in [-0.15, -0.1) is 0 Å². The molecule has 1 rings (SSSR count). The van der Waals surface area contributed by atoms with Gasteiger partial charge in [0.2, 0.25) is 5.91 Å². The Morgan fingerprint density at radius 2 is 1.94 bits per heavy atom. The van der Waals surface area contributed by atoms with Crippen LogP contribution in [-0.2, 0) is 11.8 Å². The number of rotatable bonds is 4. The Kier molecular flexibility index (Phi) is 3.79. The number of nitrogens with one attached hydrogen (secondary N) is 2. The van der Waals surface area contributed by atoms with Gasteiger partial charge in [0, 0.05) is 7.05 Å². The first-order chi connectivity index (χ1) is 8.25. The number of carbonyl (C=O) groups is 1. The summed E-state index contributed by atoms with van der Waals surface area (Å²) in [4.78, 5) is 36.3. The Morgan fingerprint density at radius 3 is 2.39 bits per heavy atom. The predicted molar refractivity (Wildman–Crippen MR) is 68.2 cm³/mol. The van der Waals surface area contributed by atoms with Gasteiger partial charge in [-0.05, 0) is 5.92 Å². The highest BCUT2D eigenvalue weighted by molar-refractivity contribution is 5.84. The molecule has 0 aliphatic carbocycles. The van der Waals surface area contributed by atoms with Crippen molar-refractivity contribution in [2.24, 2.45) is 18.7 Å². The quantitative estimate of drug-likeness (QED) is 0.523. The molecule has 1 amide bonds. The number of hydrogen-bond acceptors (Lipinski definition) is 5. The fourth-order valence-electron chi connectivity index (χ4n) is 1.50. The number of nitrogen functional groups attached to an aromatic ring is 1. The fourth-order valence-corrected chi connectivity index (χ4v) is 1.50. The maximum Gasteiger partial charge on any atom is 0.329 e. The fraction of sp³-hybridized carbons (Fsp3) is 0.500. The molecule has 18 heavy (non-hydrogen) atoms. The van der Waals surface area contributed by atoms with E-state index in [1.807, 2.05) is 0 Å². The molecule has 0 spiro atoms. The second-order valence-electron chi connectivity index (χ2n) is 4.35. The van der Waals surface area contributed by atoms with E-state index in [4.69, 9.17) is 11.5 Å². The average molecular weight is 255 g/mol. The number of amides is 1. The molecule has 0 fully saturated rings. The molecule has 8 nitrogen and oxygen atoms in total. The lowest BCUT2D eigenvalue weighted by molar-refractivity contribution is -0.119. The number of anilines is 2. The molecular weight excluding hydrogens is 238 g/mol. The number of H-pyrrole nitrogens is 1. The molecular formula is C10H17N5O3. The van der Waals surface area contributed by atoms with E-state index >= 15 is 0 Å². The largest absolute Gasteiger partial charge is 0.383 e. The highest BCUT2D eigenvalue weighted by Crippen LogP contribution is 2.13. The summed E-state index contributed by atoms with van der Waals surface area (Å²) < 4.78 is 1.07. The summed E-state index contributed by atoms with van der Waals surface area (Å²) in [6.07, 6.45) is 0. The van der Waals surface area contributed by atoms with E-state index < -0.39 is 23.2 Å². The number of carbonyl (C=O) groups excluding carboxylic acids is 1. The molecule has 1 aromatic heterocycles. The Morgan fingerprint density at radius 1 is 1.39 bits per heavy atom. The van der Waals surface area contributed by atoms with Gasteiger partial charge in [-0.2, -0.15) is 0 Å². The average Bonchev–Trinajstić information content (AvgIpc) is 2.25. The minimum absolute atomic E-state index is 0.0328. The molecule has 0 bridgehead atoms. The van der Waals surface area contributed by atoms with Gasteiger partial charge in [-0.3, -0.25) is 19.1 Å². The van der Waals surface area contributed by atoms with Crippen molar-refractivity contribution in [1.29, 1.82) is 0 Å². The smallest absolute Gasteiger partial charge is 0.329 e. The van der Waals surface area contributed by atoms with Crippen molar-refractivity contribution >= 4 is 17.4 Å². The summed E-state index contributed by atoms with van der Waals surface area (Å²) in [7, 11) is 1.41. The van der Waals surface area contributed by atoms with Crippen LogP contribution in [0.4, 0.5) is 11.5 Å². The summed E-state index contributed by atoms with van der Waals surface area (Å²) in [5, 5.41) is 2.68. The van der Waals surface area contributed by atoms with E-state index in [0.717, 1.165) is 4.57 Å². The van der Waals surface area contributed by atoms with Crippen molar-refractivity contribution in [2.45, 2.75) is 19.9 Å². The molecule has 100 valence electrons. The van der Waals surface area contributed by atoms with E-state index in [1.54, 1.807) is 13.8 Å². The zero-order valence-electron chi connectivity index (χ0n) is 10.5. The maximum absolute atomic E-state index is 11.6. The summed E-state index contributed by atoms with van der Waals surface area (Å²) in [6.45, 7) is 3.55. The van der Waals surface area contributed by atoms with Crippen LogP contribution >= 0.6 is 0 Å². The van der Waals surface area contributed by atoms with Gasteiger partial charge in [0.1, 0.15) is 17.5 Å². The maximum atomic E-state index is 11.6. The lowest BCUT2D eigenvalue weighted by Crippen LogP contribution is -2.42. The first-order valence-corrected chi connectivity index (χ1v) is 5.40. The Hall–Kier alpha value is -2.25. The molecule has 0 aromatic carbocycles. The van der Waals surface area contributed by atoms with Crippen LogP contribution in [0.2, 0.25) is 0 Å². The normalized spacial score (nSPS) is 12.4. The van der Waals surface area contributed by atoms with Gasteiger partial charge in [-0.1, -0.05) is 13.8 Å². The van der Waals surface area contributed by atoms with Crippen LogP contribution in [0.25, 0.3) is 0 Å². The van der Waals surface area contributed by atoms with Gasteiger partial charge in [-0.25, -0.2) is 4.79 Å². The van der Waals surface area contributed by atoms with Crippen LogP contribution in [0.3, 0.4) is 0 Å². The number of nitrogens with zero attached hydrogens (tertiary/aromatic N) is 1. The molecule has 1 atom stereocenters. The molecule has 0 radical (unpaired) electrons. The number of primary amides is 1. The number of aromatic amines is 1. The summed E-state index contributed by atoms with van der Waals surface area (Å²) in [5.74, 6) is -0.771. The first kappa shape index (κ1) is 13.8. The molecule has 8 heteroatoms. The molecule has 1 unspecified atom stereocenters. The van der Waals surface area contributed by atoms with Gasteiger partial charge in [0.15, 0.2) is 0 Å². The summed E-state index contributed by atoms with van der Waals surface area (Å²) in [6, 6.07) is -0.745. The van der Waals surface area contributed by atoms with Crippen LogP contribution in [0, 0.1) is 5.92 Å². The zero-order chi connectivity index (χ0) is 14.0. The van der Waals surface area contributed by atoms with E-state index in [1.165, 1.54) is 7.05 Å². The first-order valence-electron chi connectivity index (χ1n) is 5.40.